The first kappa shape index (κ1) is 23.2. The van der Waals surface area contributed by atoms with Gasteiger partial charge in [0.15, 0.2) is 5.60 Å². The second-order valence-corrected chi connectivity index (χ2v) is 8.79. The zero-order chi connectivity index (χ0) is 23.6. The third kappa shape index (κ3) is 4.31. The fourth-order valence-electron chi connectivity index (χ4n) is 4.31. The van der Waals surface area contributed by atoms with Gasteiger partial charge in [-0.05, 0) is 30.2 Å². The van der Waals surface area contributed by atoms with Gasteiger partial charge >= 0.3 is 0 Å². The molecular weight excluding hydrogens is 440 g/mol. The van der Waals surface area contributed by atoms with Gasteiger partial charge in [0.25, 0.3) is 5.91 Å². The number of rotatable bonds is 8. The second-order valence-electron chi connectivity index (χ2n) is 8.35. The number of hydrogen-bond acceptors (Lipinski definition) is 5. The molecule has 3 atom stereocenters. The Balaban J connectivity index is 1.42. The number of nitrogens with zero attached hydrogens (tertiary/aromatic N) is 4. The van der Waals surface area contributed by atoms with E-state index in [1.165, 1.54) is 4.90 Å². The number of amides is 1. The first-order valence-electron chi connectivity index (χ1n) is 10.9. The molecule has 1 aliphatic heterocycles. The van der Waals surface area contributed by atoms with Crippen LogP contribution in [0.25, 0.3) is 0 Å². The van der Waals surface area contributed by atoms with Crippen LogP contribution in [-0.4, -0.2) is 44.8 Å². The van der Waals surface area contributed by atoms with Crippen LogP contribution in [0.4, 0.5) is 5.69 Å². The number of aryl methyl sites for hydroxylation is 1. The summed E-state index contributed by atoms with van der Waals surface area (Å²) in [5, 5.41) is 30.0. The van der Waals surface area contributed by atoms with Gasteiger partial charge in [0, 0.05) is 36.3 Å². The third-order valence-electron chi connectivity index (χ3n) is 6.27. The lowest BCUT2D eigenvalue weighted by Gasteiger charge is -2.27. The summed E-state index contributed by atoms with van der Waals surface area (Å²) in [5.74, 6) is -1.04. The minimum atomic E-state index is -1.66. The molecule has 0 saturated carbocycles. The molecule has 0 bridgehead atoms. The van der Waals surface area contributed by atoms with E-state index < -0.39 is 11.5 Å². The van der Waals surface area contributed by atoms with Gasteiger partial charge in [0.1, 0.15) is 0 Å². The van der Waals surface area contributed by atoms with E-state index in [4.69, 9.17) is 11.6 Å². The summed E-state index contributed by atoms with van der Waals surface area (Å²) in [6.07, 6.45) is 6.26. The van der Waals surface area contributed by atoms with E-state index in [-0.39, 0.29) is 18.4 Å². The molecule has 2 aromatic carbocycles. The Labute approximate surface area is 197 Å². The number of halogens is 1. The predicted octanol–water partition coefficient (Wildman–Crippen LogP) is 3.50. The lowest BCUT2D eigenvalue weighted by molar-refractivity contribution is -0.139. The van der Waals surface area contributed by atoms with Gasteiger partial charge in [-0.25, -0.2) is 0 Å². The van der Waals surface area contributed by atoms with Crippen LogP contribution in [0.1, 0.15) is 36.1 Å². The number of aromatic nitrogens is 3. The number of allylic oxidation sites excluding steroid dienone is 1. The molecule has 2 heterocycles. The Morgan fingerprint density at radius 3 is 2.70 bits per heavy atom. The van der Waals surface area contributed by atoms with Gasteiger partial charge in [0.2, 0.25) is 0 Å². The predicted molar refractivity (Wildman–Crippen MR) is 127 cm³/mol. The standard InChI is InChI=1S/C25H27ClN4O3/c1-17(25(33)21-14-19(26)11-12-23(21)29(2)24(25)32)8-6-7-13-30-15-22(27-28-30)20(16-31)18-9-4-3-5-10-18/h3-6,8-12,14-15,17,20,31,33H,7,13,16H2,1-2H3/b8-6+/t17-,20?,25+/m0/s1. The average Bonchev–Trinajstić information content (AvgIpc) is 3.36. The van der Waals surface area contributed by atoms with Crippen molar-refractivity contribution in [2.45, 2.75) is 31.4 Å². The van der Waals surface area contributed by atoms with E-state index in [1.54, 1.807) is 29.9 Å². The van der Waals surface area contributed by atoms with Crippen molar-refractivity contribution in [3.05, 3.63) is 88.7 Å². The maximum Gasteiger partial charge on any atom is 0.264 e. The number of carbonyl (C=O) groups excluding carboxylic acids is 1. The zero-order valence-corrected chi connectivity index (χ0v) is 19.4. The maximum absolute atomic E-state index is 12.9. The van der Waals surface area contributed by atoms with Crippen molar-refractivity contribution < 1.29 is 15.0 Å². The van der Waals surface area contributed by atoms with Crippen molar-refractivity contribution in [2.75, 3.05) is 18.6 Å². The van der Waals surface area contributed by atoms with Crippen molar-refractivity contribution in [3.8, 4) is 0 Å². The van der Waals surface area contributed by atoms with Gasteiger partial charge in [-0.3, -0.25) is 9.48 Å². The molecule has 1 amide bonds. The van der Waals surface area contributed by atoms with Crippen molar-refractivity contribution >= 4 is 23.2 Å². The topological polar surface area (TPSA) is 91.5 Å². The molecule has 0 aliphatic carbocycles. The molecule has 0 saturated heterocycles. The van der Waals surface area contributed by atoms with Gasteiger partial charge in [0.05, 0.1) is 23.9 Å². The number of anilines is 1. The average molecular weight is 467 g/mol. The van der Waals surface area contributed by atoms with E-state index >= 15 is 0 Å². The normalized spacial score (nSPS) is 19.8. The number of aliphatic hydroxyl groups excluding tert-OH is 1. The summed E-state index contributed by atoms with van der Waals surface area (Å²) in [4.78, 5) is 14.3. The smallest absolute Gasteiger partial charge is 0.264 e. The molecule has 1 unspecified atom stereocenters. The van der Waals surface area contributed by atoms with Crippen molar-refractivity contribution in [3.63, 3.8) is 0 Å². The van der Waals surface area contributed by atoms with Crippen LogP contribution in [-0.2, 0) is 16.9 Å². The first-order chi connectivity index (χ1) is 15.9. The van der Waals surface area contributed by atoms with Crippen LogP contribution in [0.15, 0.2) is 66.9 Å². The summed E-state index contributed by atoms with van der Waals surface area (Å²) in [7, 11) is 1.65. The highest BCUT2D eigenvalue weighted by Crippen LogP contribution is 2.45. The lowest BCUT2D eigenvalue weighted by Crippen LogP contribution is -2.43. The van der Waals surface area contributed by atoms with E-state index in [1.807, 2.05) is 55.6 Å². The first-order valence-corrected chi connectivity index (χ1v) is 11.3. The Hall–Kier alpha value is -3.00. The highest BCUT2D eigenvalue weighted by Gasteiger charge is 2.51. The largest absolute Gasteiger partial charge is 0.395 e. The highest BCUT2D eigenvalue weighted by molar-refractivity contribution is 6.31. The monoisotopic (exact) mass is 466 g/mol. The molecule has 33 heavy (non-hydrogen) atoms. The number of aliphatic hydroxyl groups is 2. The van der Waals surface area contributed by atoms with Gasteiger partial charge < -0.3 is 15.1 Å². The molecule has 3 aromatic rings. The van der Waals surface area contributed by atoms with Crippen molar-refractivity contribution in [2.24, 2.45) is 5.92 Å². The number of likely N-dealkylation sites (N-methyl/N-ethyl adjacent to an activating group) is 1. The molecule has 172 valence electrons. The minimum Gasteiger partial charge on any atom is -0.395 e. The highest BCUT2D eigenvalue weighted by atomic mass is 35.5. The van der Waals surface area contributed by atoms with Gasteiger partial charge in [-0.15, -0.1) is 5.10 Å². The molecule has 2 N–H and O–H groups in total. The van der Waals surface area contributed by atoms with Gasteiger partial charge in [-0.2, -0.15) is 0 Å². The fraction of sp³-hybridized carbons (Fsp3) is 0.320. The zero-order valence-electron chi connectivity index (χ0n) is 18.6. The quantitative estimate of drug-likeness (QED) is 0.496. The van der Waals surface area contributed by atoms with E-state index in [2.05, 4.69) is 10.3 Å². The molecule has 4 rings (SSSR count). The molecule has 0 fully saturated rings. The SMILES string of the molecule is C[C@@H](/C=C/CCn1cc(C(CO)c2ccccc2)nn1)[C@]1(O)C(=O)N(C)c2ccc(Cl)cc21. The summed E-state index contributed by atoms with van der Waals surface area (Å²) in [5.41, 5.74) is 1.23. The van der Waals surface area contributed by atoms with E-state index in [0.29, 0.717) is 34.9 Å². The van der Waals surface area contributed by atoms with Crippen molar-refractivity contribution in [1.29, 1.82) is 0 Å². The Bertz CT molecular complexity index is 1160. The minimum absolute atomic E-state index is 0.0489. The number of carbonyl (C=O) groups is 1. The molecule has 0 spiro atoms. The fourth-order valence-corrected chi connectivity index (χ4v) is 4.48. The van der Waals surface area contributed by atoms with Crippen LogP contribution in [0, 0.1) is 5.92 Å². The third-order valence-corrected chi connectivity index (χ3v) is 6.50. The van der Waals surface area contributed by atoms with Gasteiger partial charge in [-0.1, -0.05) is 66.2 Å². The van der Waals surface area contributed by atoms with Crippen LogP contribution >= 0.6 is 11.6 Å². The summed E-state index contributed by atoms with van der Waals surface area (Å²) in [6, 6.07) is 14.8. The molecular formula is C25H27ClN4O3. The Morgan fingerprint density at radius 1 is 1.21 bits per heavy atom. The number of hydrogen-bond donors (Lipinski definition) is 2. The lowest BCUT2D eigenvalue weighted by atomic mass is 9.83. The molecule has 7 nitrogen and oxygen atoms in total. The van der Waals surface area contributed by atoms with Crippen LogP contribution in [0.2, 0.25) is 5.02 Å². The Kier molecular flexibility index (Phi) is 6.65. The maximum atomic E-state index is 12.9. The summed E-state index contributed by atoms with van der Waals surface area (Å²) < 4.78 is 1.73. The van der Waals surface area contributed by atoms with Crippen LogP contribution in [0.5, 0.6) is 0 Å². The van der Waals surface area contributed by atoms with Crippen LogP contribution < -0.4 is 4.90 Å². The molecule has 8 heteroatoms. The summed E-state index contributed by atoms with van der Waals surface area (Å²) >= 11 is 6.13. The molecule has 1 aromatic heterocycles. The van der Waals surface area contributed by atoms with Crippen molar-refractivity contribution in [1.82, 2.24) is 15.0 Å². The number of fused-ring (bicyclic) bond motifs is 1. The van der Waals surface area contributed by atoms with Crippen LogP contribution in [0.3, 0.4) is 0 Å². The second kappa shape index (κ2) is 9.47. The molecule has 0 radical (unpaired) electrons. The Morgan fingerprint density at radius 2 is 1.97 bits per heavy atom. The van der Waals surface area contributed by atoms with E-state index in [9.17, 15) is 15.0 Å². The van der Waals surface area contributed by atoms with E-state index in [0.717, 1.165) is 5.56 Å². The molecule has 1 aliphatic rings. The summed E-state index contributed by atoms with van der Waals surface area (Å²) in [6.45, 7) is 2.35. The number of benzene rings is 2.